The van der Waals surface area contributed by atoms with Crippen LogP contribution in [-0.4, -0.2) is 11.5 Å². The van der Waals surface area contributed by atoms with Crippen LogP contribution in [0.5, 0.6) is 0 Å². The molecule has 30 heavy (non-hydrogen) atoms. The molecule has 2 aliphatic heterocycles. The lowest BCUT2D eigenvalue weighted by Crippen LogP contribution is -2.50. The van der Waals surface area contributed by atoms with Gasteiger partial charge in [-0.3, -0.25) is 0 Å². The number of aromatic nitrogens is 1. The van der Waals surface area contributed by atoms with E-state index < -0.39 is 0 Å². The van der Waals surface area contributed by atoms with Gasteiger partial charge in [-0.2, -0.15) is 0 Å². The largest absolute Gasteiger partial charge is 0.465 e. The molecule has 0 saturated heterocycles. The first-order chi connectivity index (χ1) is 14.9. The molecule has 2 aliphatic rings. The molecule has 0 bridgehead atoms. The Labute approximate surface area is 172 Å². The number of fused-ring (bicyclic) bond motifs is 13. The summed E-state index contributed by atoms with van der Waals surface area (Å²) < 4.78 is 9.05. The Hall–Kier alpha value is -3.92. The van der Waals surface area contributed by atoms with Crippen molar-refractivity contribution in [2.45, 2.75) is 0 Å². The number of hydrogen-bond acceptors (Lipinski definition) is 2. The van der Waals surface area contributed by atoms with E-state index in [4.69, 9.17) is 4.42 Å². The van der Waals surface area contributed by atoms with Crippen LogP contribution in [0.1, 0.15) is 0 Å². The van der Waals surface area contributed by atoms with Crippen molar-refractivity contribution in [3.05, 3.63) is 91.0 Å². The maximum atomic E-state index is 6.58. The van der Waals surface area contributed by atoms with Crippen LogP contribution in [0, 0.1) is 0 Å². The van der Waals surface area contributed by atoms with Crippen LogP contribution in [0.3, 0.4) is 0 Å². The van der Waals surface area contributed by atoms with Gasteiger partial charge in [0.1, 0.15) is 11.2 Å². The Morgan fingerprint density at radius 3 is 2.33 bits per heavy atom. The standard InChI is InChI=1S/C26H15BN2O/c1-4-12-20-16(8-1)17-11-7-14-22-25(17)29(20)27-26-24(19-10-3-6-15-23(19)30-26)18-9-2-5-13-21(18)28(22)27/h1-15H. The molecule has 0 atom stereocenters. The zero-order chi connectivity index (χ0) is 19.4. The van der Waals surface area contributed by atoms with Crippen molar-refractivity contribution < 1.29 is 4.42 Å². The highest BCUT2D eigenvalue weighted by atomic mass is 16.3. The lowest BCUT2D eigenvalue weighted by molar-refractivity contribution is 0.648. The average molecular weight is 382 g/mol. The Kier molecular flexibility index (Phi) is 2.49. The zero-order valence-electron chi connectivity index (χ0n) is 16.0. The summed E-state index contributed by atoms with van der Waals surface area (Å²) in [5, 5.41) is 3.78. The minimum absolute atomic E-state index is 0.0258. The van der Waals surface area contributed by atoms with Gasteiger partial charge in [0.2, 0.25) is 0 Å². The summed E-state index contributed by atoms with van der Waals surface area (Å²) in [6, 6.07) is 32.5. The van der Waals surface area contributed by atoms with Crippen LogP contribution >= 0.6 is 0 Å². The Balaban J connectivity index is 1.61. The van der Waals surface area contributed by atoms with E-state index in [2.05, 4.69) is 94.2 Å². The molecule has 4 aromatic carbocycles. The first kappa shape index (κ1) is 15.0. The number of nitrogens with zero attached hydrogens (tertiary/aromatic N) is 2. The molecule has 0 fully saturated rings. The number of rotatable bonds is 0. The van der Waals surface area contributed by atoms with Gasteiger partial charge in [0.05, 0.1) is 11.2 Å². The van der Waals surface area contributed by atoms with E-state index in [1.807, 2.05) is 6.07 Å². The van der Waals surface area contributed by atoms with Gasteiger partial charge in [0.15, 0.2) is 0 Å². The van der Waals surface area contributed by atoms with Gasteiger partial charge in [-0.05, 0) is 24.3 Å². The third-order valence-corrected chi connectivity index (χ3v) is 6.75. The lowest BCUT2D eigenvalue weighted by Gasteiger charge is -2.32. The SMILES string of the molecule is c1ccc2c(c1)-c1c(oc3ccccc13)B1N2c2cccc3c4ccccc4n1c23. The molecule has 0 aliphatic carbocycles. The van der Waals surface area contributed by atoms with Crippen LogP contribution in [-0.2, 0) is 0 Å². The number of furan rings is 1. The van der Waals surface area contributed by atoms with Crippen molar-refractivity contribution >= 4 is 56.8 Å². The Morgan fingerprint density at radius 2 is 1.37 bits per heavy atom. The van der Waals surface area contributed by atoms with E-state index >= 15 is 0 Å². The minimum atomic E-state index is -0.0258. The van der Waals surface area contributed by atoms with E-state index in [1.54, 1.807) is 0 Å². The zero-order valence-corrected chi connectivity index (χ0v) is 16.0. The molecule has 4 heterocycles. The van der Waals surface area contributed by atoms with E-state index in [0.29, 0.717) is 0 Å². The van der Waals surface area contributed by atoms with Gasteiger partial charge in [0.25, 0.3) is 0 Å². The van der Waals surface area contributed by atoms with Gasteiger partial charge in [0, 0.05) is 38.5 Å². The second-order valence-corrected chi connectivity index (χ2v) is 8.16. The smallest absolute Gasteiger partial charge is 0.459 e. The summed E-state index contributed by atoms with van der Waals surface area (Å²) >= 11 is 0. The van der Waals surface area contributed by atoms with E-state index in [1.165, 1.54) is 49.7 Å². The molecule has 6 aromatic rings. The molecule has 0 N–H and O–H groups in total. The summed E-state index contributed by atoms with van der Waals surface area (Å²) in [5.74, 6) is 0. The first-order valence-corrected chi connectivity index (χ1v) is 10.3. The van der Waals surface area contributed by atoms with Crippen molar-refractivity contribution in [1.82, 2.24) is 4.48 Å². The normalized spacial score (nSPS) is 13.9. The lowest BCUT2D eigenvalue weighted by atomic mass is 9.64. The van der Waals surface area contributed by atoms with Crippen LogP contribution < -0.4 is 10.5 Å². The van der Waals surface area contributed by atoms with E-state index in [9.17, 15) is 0 Å². The predicted octanol–water partition coefficient (Wildman–Crippen LogP) is 5.92. The van der Waals surface area contributed by atoms with Crippen LogP contribution in [0.2, 0.25) is 0 Å². The molecule has 0 saturated carbocycles. The summed E-state index contributed by atoms with van der Waals surface area (Å²) in [5.41, 5.74) is 9.44. The van der Waals surface area contributed by atoms with Crippen molar-refractivity contribution in [3.63, 3.8) is 0 Å². The predicted molar refractivity (Wildman–Crippen MR) is 124 cm³/mol. The van der Waals surface area contributed by atoms with Crippen LogP contribution in [0.15, 0.2) is 95.4 Å². The maximum absolute atomic E-state index is 6.58. The summed E-state index contributed by atoms with van der Waals surface area (Å²) in [7, 11) is 0. The molecule has 0 amide bonds. The molecular formula is C26H15BN2O. The average Bonchev–Trinajstić information content (AvgIpc) is 3.46. The molecule has 3 nitrogen and oxygen atoms in total. The molecule has 0 spiro atoms. The highest BCUT2D eigenvalue weighted by molar-refractivity contribution is 6.82. The first-order valence-electron chi connectivity index (χ1n) is 10.3. The topological polar surface area (TPSA) is 21.3 Å². The number of hydrogen-bond donors (Lipinski definition) is 0. The monoisotopic (exact) mass is 382 g/mol. The molecule has 138 valence electrons. The molecule has 2 aromatic heterocycles. The quantitative estimate of drug-likeness (QED) is 0.304. The number of para-hydroxylation sites is 4. The molecule has 8 rings (SSSR count). The summed E-state index contributed by atoms with van der Waals surface area (Å²) in [6.07, 6.45) is 0. The van der Waals surface area contributed by atoms with Gasteiger partial charge in [-0.15, -0.1) is 0 Å². The van der Waals surface area contributed by atoms with Crippen molar-refractivity contribution in [3.8, 4) is 11.1 Å². The molecule has 0 unspecified atom stereocenters. The third kappa shape index (κ3) is 1.55. The van der Waals surface area contributed by atoms with Crippen molar-refractivity contribution in [2.24, 2.45) is 0 Å². The van der Waals surface area contributed by atoms with Gasteiger partial charge >= 0.3 is 6.98 Å². The van der Waals surface area contributed by atoms with E-state index in [0.717, 1.165) is 11.2 Å². The highest BCUT2D eigenvalue weighted by Crippen LogP contribution is 2.50. The van der Waals surface area contributed by atoms with Crippen molar-refractivity contribution in [2.75, 3.05) is 4.81 Å². The fourth-order valence-electron chi connectivity index (χ4n) is 5.64. The highest BCUT2D eigenvalue weighted by Gasteiger charge is 2.48. The van der Waals surface area contributed by atoms with E-state index in [-0.39, 0.29) is 6.98 Å². The number of benzene rings is 4. The fourth-order valence-corrected chi connectivity index (χ4v) is 5.64. The van der Waals surface area contributed by atoms with Crippen LogP contribution in [0.25, 0.3) is 43.9 Å². The Bertz CT molecular complexity index is 1680. The third-order valence-electron chi connectivity index (χ3n) is 6.75. The van der Waals surface area contributed by atoms with Gasteiger partial charge in [-0.25, -0.2) is 0 Å². The second kappa shape index (κ2) is 4.97. The maximum Gasteiger partial charge on any atom is 0.459 e. The molecule has 4 heteroatoms. The molecule has 0 radical (unpaired) electrons. The fraction of sp³-hybridized carbons (Fsp3) is 0. The minimum Gasteiger partial charge on any atom is -0.465 e. The van der Waals surface area contributed by atoms with Gasteiger partial charge in [-0.1, -0.05) is 66.7 Å². The number of anilines is 2. The Morgan fingerprint density at radius 1 is 0.633 bits per heavy atom. The molecular weight excluding hydrogens is 367 g/mol. The van der Waals surface area contributed by atoms with Gasteiger partial charge < -0.3 is 13.7 Å². The van der Waals surface area contributed by atoms with Crippen molar-refractivity contribution in [1.29, 1.82) is 0 Å². The summed E-state index contributed by atoms with van der Waals surface area (Å²) in [4.78, 5) is 2.45. The van der Waals surface area contributed by atoms with Crippen LogP contribution in [0.4, 0.5) is 11.4 Å². The second-order valence-electron chi connectivity index (χ2n) is 8.16. The summed E-state index contributed by atoms with van der Waals surface area (Å²) in [6.45, 7) is -0.0258.